The summed E-state index contributed by atoms with van der Waals surface area (Å²) in [5.74, 6) is 1.81. The molecule has 1 fully saturated rings. The standard InChI is InChI=1S/C16H30N4/c1-5-10-20-16(15(17)13(4)18-20)19(11-12(2)3)14-8-6-7-9-14/h12,14H,5-11,17H2,1-4H3. The van der Waals surface area contributed by atoms with Crippen LogP contribution in [-0.4, -0.2) is 22.4 Å². The zero-order valence-corrected chi connectivity index (χ0v) is 13.5. The predicted octanol–water partition coefficient (Wildman–Crippen LogP) is 3.59. The summed E-state index contributed by atoms with van der Waals surface area (Å²) in [4.78, 5) is 2.54. The molecule has 1 aliphatic rings. The molecule has 4 nitrogen and oxygen atoms in total. The average molecular weight is 278 g/mol. The summed E-state index contributed by atoms with van der Waals surface area (Å²) in [5, 5.41) is 4.65. The number of aromatic nitrogens is 2. The van der Waals surface area contributed by atoms with Gasteiger partial charge in [-0.2, -0.15) is 5.10 Å². The van der Waals surface area contributed by atoms with Gasteiger partial charge in [-0.05, 0) is 32.1 Å². The van der Waals surface area contributed by atoms with E-state index in [2.05, 4.69) is 35.5 Å². The number of rotatable bonds is 6. The minimum absolute atomic E-state index is 0.639. The molecule has 1 aromatic rings. The highest BCUT2D eigenvalue weighted by Gasteiger charge is 2.28. The van der Waals surface area contributed by atoms with Crippen molar-refractivity contribution in [2.45, 2.75) is 72.4 Å². The van der Waals surface area contributed by atoms with Crippen LogP contribution in [0.5, 0.6) is 0 Å². The topological polar surface area (TPSA) is 47.1 Å². The zero-order chi connectivity index (χ0) is 14.7. The van der Waals surface area contributed by atoms with E-state index in [4.69, 9.17) is 5.73 Å². The van der Waals surface area contributed by atoms with Gasteiger partial charge in [-0.25, -0.2) is 4.68 Å². The number of aryl methyl sites for hydroxylation is 2. The van der Waals surface area contributed by atoms with Gasteiger partial charge in [-0.3, -0.25) is 0 Å². The van der Waals surface area contributed by atoms with E-state index in [1.54, 1.807) is 0 Å². The number of anilines is 2. The van der Waals surface area contributed by atoms with Crippen LogP contribution in [0, 0.1) is 12.8 Å². The molecule has 114 valence electrons. The molecule has 1 aromatic heterocycles. The number of nitrogen functional groups attached to an aromatic ring is 1. The minimum Gasteiger partial charge on any atom is -0.394 e. The molecule has 1 heterocycles. The third-order valence-corrected chi connectivity index (χ3v) is 4.18. The third kappa shape index (κ3) is 3.10. The van der Waals surface area contributed by atoms with Gasteiger partial charge in [0.15, 0.2) is 5.82 Å². The van der Waals surface area contributed by atoms with Gasteiger partial charge in [0.1, 0.15) is 0 Å². The number of nitrogens with zero attached hydrogens (tertiary/aromatic N) is 3. The molecule has 0 spiro atoms. The van der Waals surface area contributed by atoms with E-state index in [-0.39, 0.29) is 0 Å². The van der Waals surface area contributed by atoms with Crippen LogP contribution < -0.4 is 10.6 Å². The first-order valence-corrected chi connectivity index (χ1v) is 8.14. The molecule has 0 amide bonds. The Morgan fingerprint density at radius 3 is 2.55 bits per heavy atom. The quantitative estimate of drug-likeness (QED) is 0.865. The molecule has 1 aliphatic carbocycles. The average Bonchev–Trinajstić information content (AvgIpc) is 2.98. The monoisotopic (exact) mass is 278 g/mol. The summed E-state index contributed by atoms with van der Waals surface area (Å²) in [6, 6.07) is 0.645. The zero-order valence-electron chi connectivity index (χ0n) is 13.5. The van der Waals surface area contributed by atoms with E-state index in [1.807, 2.05) is 6.92 Å². The Bertz CT molecular complexity index is 430. The van der Waals surface area contributed by atoms with Gasteiger partial charge in [0.25, 0.3) is 0 Å². The first kappa shape index (κ1) is 15.2. The van der Waals surface area contributed by atoms with E-state index < -0.39 is 0 Å². The highest BCUT2D eigenvalue weighted by molar-refractivity contribution is 5.66. The van der Waals surface area contributed by atoms with Crippen LogP contribution in [0.1, 0.15) is 58.6 Å². The molecule has 0 bridgehead atoms. The first-order chi connectivity index (χ1) is 9.54. The number of hydrogen-bond acceptors (Lipinski definition) is 3. The molecular weight excluding hydrogens is 248 g/mol. The predicted molar refractivity (Wildman–Crippen MR) is 86.1 cm³/mol. The van der Waals surface area contributed by atoms with Gasteiger partial charge in [0.05, 0.1) is 11.4 Å². The van der Waals surface area contributed by atoms with Crippen LogP contribution >= 0.6 is 0 Å². The Hall–Kier alpha value is -1.19. The van der Waals surface area contributed by atoms with E-state index in [1.165, 1.54) is 31.5 Å². The third-order valence-electron chi connectivity index (χ3n) is 4.18. The smallest absolute Gasteiger partial charge is 0.150 e. The van der Waals surface area contributed by atoms with Crippen molar-refractivity contribution in [3.05, 3.63) is 5.69 Å². The molecule has 4 heteroatoms. The lowest BCUT2D eigenvalue weighted by Gasteiger charge is -2.33. The fourth-order valence-electron chi connectivity index (χ4n) is 3.27. The summed E-state index contributed by atoms with van der Waals surface area (Å²) < 4.78 is 2.13. The maximum atomic E-state index is 6.35. The van der Waals surface area contributed by atoms with Gasteiger partial charge >= 0.3 is 0 Å². The van der Waals surface area contributed by atoms with E-state index >= 15 is 0 Å². The normalized spacial score (nSPS) is 16.2. The van der Waals surface area contributed by atoms with Crippen LogP contribution in [-0.2, 0) is 6.54 Å². The van der Waals surface area contributed by atoms with Crippen molar-refractivity contribution in [2.24, 2.45) is 5.92 Å². The molecule has 0 saturated heterocycles. The fourth-order valence-corrected chi connectivity index (χ4v) is 3.27. The van der Waals surface area contributed by atoms with Gasteiger partial charge < -0.3 is 10.6 Å². The second kappa shape index (κ2) is 6.51. The molecule has 2 rings (SSSR count). The highest BCUT2D eigenvalue weighted by atomic mass is 15.4. The lowest BCUT2D eigenvalue weighted by atomic mass is 10.1. The Morgan fingerprint density at radius 2 is 2.00 bits per heavy atom. The lowest BCUT2D eigenvalue weighted by Crippen LogP contribution is -2.38. The van der Waals surface area contributed by atoms with Crippen molar-refractivity contribution in [1.29, 1.82) is 0 Å². The minimum atomic E-state index is 0.639. The summed E-state index contributed by atoms with van der Waals surface area (Å²) >= 11 is 0. The van der Waals surface area contributed by atoms with Gasteiger partial charge in [0.2, 0.25) is 0 Å². The molecule has 2 N–H and O–H groups in total. The Kier molecular flexibility index (Phi) is 4.95. The molecule has 0 unspecified atom stereocenters. The van der Waals surface area contributed by atoms with Crippen LogP contribution in [0.25, 0.3) is 0 Å². The summed E-state index contributed by atoms with van der Waals surface area (Å²) in [5.41, 5.74) is 8.21. The largest absolute Gasteiger partial charge is 0.394 e. The summed E-state index contributed by atoms with van der Waals surface area (Å²) in [6.45, 7) is 10.8. The molecular formula is C16H30N4. The van der Waals surface area contributed by atoms with Gasteiger partial charge in [0, 0.05) is 19.1 Å². The molecule has 0 aliphatic heterocycles. The molecule has 0 atom stereocenters. The number of nitrogens with two attached hydrogens (primary N) is 1. The molecule has 0 radical (unpaired) electrons. The molecule has 0 aromatic carbocycles. The SMILES string of the molecule is CCCn1nc(C)c(N)c1N(CC(C)C)C1CCCC1. The van der Waals surface area contributed by atoms with Crippen molar-refractivity contribution >= 4 is 11.5 Å². The maximum Gasteiger partial charge on any atom is 0.150 e. The fraction of sp³-hybridized carbons (Fsp3) is 0.812. The summed E-state index contributed by atoms with van der Waals surface area (Å²) in [6.07, 6.45) is 6.37. The van der Waals surface area contributed by atoms with Gasteiger partial charge in [-0.15, -0.1) is 0 Å². The van der Waals surface area contributed by atoms with Gasteiger partial charge in [-0.1, -0.05) is 33.6 Å². The Morgan fingerprint density at radius 1 is 1.35 bits per heavy atom. The van der Waals surface area contributed by atoms with Crippen molar-refractivity contribution in [3.8, 4) is 0 Å². The Labute approximate surface area is 123 Å². The lowest BCUT2D eigenvalue weighted by molar-refractivity contribution is 0.505. The first-order valence-electron chi connectivity index (χ1n) is 8.14. The van der Waals surface area contributed by atoms with Crippen LogP contribution in [0.4, 0.5) is 11.5 Å². The van der Waals surface area contributed by atoms with E-state index in [0.717, 1.165) is 30.9 Å². The van der Waals surface area contributed by atoms with Crippen molar-refractivity contribution in [3.63, 3.8) is 0 Å². The van der Waals surface area contributed by atoms with Crippen molar-refractivity contribution < 1.29 is 0 Å². The molecule has 1 saturated carbocycles. The van der Waals surface area contributed by atoms with Crippen LogP contribution in [0.2, 0.25) is 0 Å². The molecule has 20 heavy (non-hydrogen) atoms. The van der Waals surface area contributed by atoms with Crippen molar-refractivity contribution in [2.75, 3.05) is 17.2 Å². The van der Waals surface area contributed by atoms with Crippen LogP contribution in [0.3, 0.4) is 0 Å². The highest BCUT2D eigenvalue weighted by Crippen LogP contribution is 2.34. The van der Waals surface area contributed by atoms with E-state index in [0.29, 0.717) is 12.0 Å². The van der Waals surface area contributed by atoms with E-state index in [9.17, 15) is 0 Å². The van der Waals surface area contributed by atoms with Crippen LogP contribution in [0.15, 0.2) is 0 Å². The van der Waals surface area contributed by atoms with Crippen molar-refractivity contribution in [1.82, 2.24) is 9.78 Å². The number of hydrogen-bond donors (Lipinski definition) is 1. The maximum absolute atomic E-state index is 6.35. The Balaban J connectivity index is 2.35. The second-order valence-electron chi connectivity index (χ2n) is 6.53. The summed E-state index contributed by atoms with van der Waals surface area (Å²) in [7, 11) is 0. The second-order valence-corrected chi connectivity index (χ2v) is 6.53.